The van der Waals surface area contributed by atoms with E-state index in [0.717, 1.165) is 31.4 Å². The second-order valence-corrected chi connectivity index (χ2v) is 8.94. The van der Waals surface area contributed by atoms with Gasteiger partial charge in [0.1, 0.15) is 12.4 Å². The summed E-state index contributed by atoms with van der Waals surface area (Å²) in [7, 11) is 0. The maximum atomic E-state index is 12.0. The first-order chi connectivity index (χ1) is 14.9. The van der Waals surface area contributed by atoms with Crippen LogP contribution >= 0.6 is 11.8 Å². The molecule has 0 spiro atoms. The maximum Gasteiger partial charge on any atom is 0.321 e. The summed E-state index contributed by atoms with van der Waals surface area (Å²) in [6.07, 6.45) is 4.35. The van der Waals surface area contributed by atoms with Crippen LogP contribution < -0.4 is 21.2 Å². The number of amides is 3. The minimum absolute atomic E-state index is 0.170. The van der Waals surface area contributed by atoms with Gasteiger partial charge in [0, 0.05) is 18.2 Å². The summed E-state index contributed by atoms with van der Waals surface area (Å²) in [5, 5.41) is 13.8. The summed E-state index contributed by atoms with van der Waals surface area (Å²) in [5.74, 6) is 7.81. The molecule has 2 aromatic rings. The number of nitrogen functional groups attached to an aromatic ring is 1. The second-order valence-electron chi connectivity index (χ2n) is 7.88. The Kier molecular flexibility index (Phi) is 8.16. The Bertz CT molecular complexity index is 878. The average molecular weight is 447 g/mol. The number of ether oxygens (including phenoxy) is 1. The Morgan fingerprint density at radius 1 is 1.23 bits per heavy atom. The van der Waals surface area contributed by atoms with Crippen LogP contribution in [0.4, 0.5) is 4.79 Å². The van der Waals surface area contributed by atoms with Gasteiger partial charge in [0.25, 0.3) is 0 Å². The molecular formula is C21H30N6O3S. The van der Waals surface area contributed by atoms with E-state index < -0.39 is 6.03 Å². The molecule has 0 radical (unpaired) electrons. The normalized spacial score (nSPS) is 14.0. The quantitative estimate of drug-likeness (QED) is 0.399. The number of nitrogens with one attached hydrogen (secondary N) is 2. The minimum atomic E-state index is -0.426. The van der Waals surface area contributed by atoms with Gasteiger partial charge in [-0.25, -0.2) is 9.47 Å². The molecule has 0 aliphatic heterocycles. The van der Waals surface area contributed by atoms with Crippen molar-refractivity contribution in [3.05, 3.63) is 35.7 Å². The van der Waals surface area contributed by atoms with Gasteiger partial charge in [-0.15, -0.1) is 10.2 Å². The van der Waals surface area contributed by atoms with E-state index in [9.17, 15) is 9.59 Å². The molecule has 31 heavy (non-hydrogen) atoms. The van der Waals surface area contributed by atoms with E-state index in [-0.39, 0.29) is 25.0 Å². The van der Waals surface area contributed by atoms with Crippen molar-refractivity contribution in [2.24, 2.45) is 0 Å². The van der Waals surface area contributed by atoms with E-state index >= 15 is 0 Å². The van der Waals surface area contributed by atoms with E-state index in [0.29, 0.717) is 22.7 Å². The van der Waals surface area contributed by atoms with Gasteiger partial charge >= 0.3 is 6.03 Å². The van der Waals surface area contributed by atoms with Crippen molar-refractivity contribution >= 4 is 23.7 Å². The Balaban J connectivity index is 1.39. The summed E-state index contributed by atoms with van der Waals surface area (Å²) >= 11 is 1.30. The second kappa shape index (κ2) is 11.0. The zero-order valence-electron chi connectivity index (χ0n) is 18.0. The number of carbonyl (C=O) groups is 2. The first-order valence-electron chi connectivity index (χ1n) is 10.6. The summed E-state index contributed by atoms with van der Waals surface area (Å²) in [6.45, 7) is 4.47. The number of thioether (sulfide) groups is 1. The van der Waals surface area contributed by atoms with Crippen LogP contribution in [0.15, 0.2) is 29.4 Å². The summed E-state index contributed by atoms with van der Waals surface area (Å²) in [5.41, 5.74) is 1.24. The van der Waals surface area contributed by atoms with Crippen LogP contribution in [0.25, 0.3) is 0 Å². The van der Waals surface area contributed by atoms with Crippen LogP contribution in [0.3, 0.4) is 0 Å². The van der Waals surface area contributed by atoms with E-state index in [4.69, 9.17) is 10.6 Å². The van der Waals surface area contributed by atoms with Gasteiger partial charge in [-0.2, -0.15) is 0 Å². The first-order valence-corrected chi connectivity index (χ1v) is 11.6. The van der Waals surface area contributed by atoms with E-state index in [2.05, 4.69) is 34.7 Å². The van der Waals surface area contributed by atoms with Crippen LogP contribution in [-0.4, -0.2) is 38.6 Å². The largest absolute Gasteiger partial charge is 0.486 e. The number of aromatic nitrogens is 3. The molecule has 1 aromatic carbocycles. The molecule has 1 saturated carbocycles. The average Bonchev–Trinajstić information content (AvgIpc) is 3.37. The van der Waals surface area contributed by atoms with Crippen molar-refractivity contribution in [1.82, 2.24) is 25.5 Å². The molecule has 0 saturated heterocycles. The Morgan fingerprint density at radius 2 is 1.94 bits per heavy atom. The predicted octanol–water partition coefficient (Wildman–Crippen LogP) is 2.94. The standard InChI is InChI=1S/C21H30N6O3S/c1-14(2)15-7-9-17(10-8-15)30-13-18-25-26-21(27(18)22)31-12-11-19(28)24-20(29)23-16-5-3-4-6-16/h7-10,14,16H,3-6,11-13,22H2,1-2H3,(H2,23,24,28,29). The smallest absolute Gasteiger partial charge is 0.321 e. The molecule has 1 aliphatic carbocycles. The number of urea groups is 1. The molecule has 1 heterocycles. The molecule has 1 aliphatic rings. The fourth-order valence-corrected chi connectivity index (χ4v) is 4.13. The number of hydrogen-bond acceptors (Lipinski definition) is 7. The topological polar surface area (TPSA) is 124 Å². The first kappa shape index (κ1) is 22.9. The number of hydrogen-bond donors (Lipinski definition) is 3. The van der Waals surface area contributed by atoms with Gasteiger partial charge in [-0.1, -0.05) is 50.6 Å². The molecule has 0 bridgehead atoms. The van der Waals surface area contributed by atoms with Crippen LogP contribution in [0.5, 0.6) is 5.75 Å². The summed E-state index contributed by atoms with van der Waals surface area (Å²) in [4.78, 5) is 23.8. The number of imide groups is 1. The van der Waals surface area contributed by atoms with Crippen molar-refractivity contribution in [2.45, 2.75) is 69.7 Å². The highest BCUT2D eigenvalue weighted by atomic mass is 32.2. The van der Waals surface area contributed by atoms with Crippen molar-refractivity contribution < 1.29 is 14.3 Å². The van der Waals surface area contributed by atoms with Crippen LogP contribution in [0.1, 0.15) is 63.3 Å². The van der Waals surface area contributed by atoms with E-state index in [1.807, 2.05) is 24.3 Å². The lowest BCUT2D eigenvalue weighted by molar-refractivity contribution is -0.119. The fraction of sp³-hybridized carbons (Fsp3) is 0.524. The lowest BCUT2D eigenvalue weighted by Gasteiger charge is -2.12. The molecule has 9 nitrogen and oxygen atoms in total. The highest BCUT2D eigenvalue weighted by Gasteiger charge is 2.18. The highest BCUT2D eigenvalue weighted by molar-refractivity contribution is 7.99. The Labute approximate surface area is 186 Å². The van der Waals surface area contributed by atoms with Crippen molar-refractivity contribution in [1.29, 1.82) is 0 Å². The van der Waals surface area contributed by atoms with Crippen molar-refractivity contribution in [3.63, 3.8) is 0 Å². The monoisotopic (exact) mass is 446 g/mol. The predicted molar refractivity (Wildman–Crippen MR) is 119 cm³/mol. The summed E-state index contributed by atoms with van der Waals surface area (Å²) in [6, 6.07) is 7.66. The number of carbonyl (C=O) groups excluding carboxylic acids is 2. The number of nitrogens with two attached hydrogens (primary N) is 1. The molecule has 0 atom stereocenters. The molecular weight excluding hydrogens is 416 g/mol. The van der Waals surface area contributed by atoms with Gasteiger partial charge in [-0.05, 0) is 36.5 Å². The van der Waals surface area contributed by atoms with Gasteiger partial charge in [0.2, 0.25) is 11.1 Å². The number of nitrogens with zero attached hydrogens (tertiary/aromatic N) is 3. The van der Waals surface area contributed by atoms with Crippen LogP contribution in [0, 0.1) is 0 Å². The highest BCUT2D eigenvalue weighted by Crippen LogP contribution is 2.20. The molecule has 1 fully saturated rings. The molecule has 1 aromatic heterocycles. The number of benzene rings is 1. The molecule has 0 unspecified atom stereocenters. The lowest BCUT2D eigenvalue weighted by atomic mass is 10.0. The molecule has 3 amide bonds. The fourth-order valence-electron chi connectivity index (χ4n) is 3.32. The zero-order valence-corrected chi connectivity index (χ0v) is 18.8. The maximum absolute atomic E-state index is 12.0. The van der Waals surface area contributed by atoms with Crippen LogP contribution in [0.2, 0.25) is 0 Å². The van der Waals surface area contributed by atoms with E-state index in [1.54, 1.807) is 0 Å². The van der Waals surface area contributed by atoms with Crippen molar-refractivity contribution in [2.75, 3.05) is 11.6 Å². The molecule has 10 heteroatoms. The third kappa shape index (κ3) is 6.88. The van der Waals surface area contributed by atoms with Crippen molar-refractivity contribution in [3.8, 4) is 5.75 Å². The van der Waals surface area contributed by atoms with Gasteiger partial charge in [0.15, 0.2) is 5.82 Å². The lowest BCUT2D eigenvalue weighted by Crippen LogP contribution is -2.43. The Morgan fingerprint density at radius 3 is 2.61 bits per heavy atom. The molecule has 3 rings (SSSR count). The molecule has 168 valence electrons. The van der Waals surface area contributed by atoms with Crippen LogP contribution in [-0.2, 0) is 11.4 Å². The zero-order chi connectivity index (χ0) is 22.2. The van der Waals surface area contributed by atoms with Gasteiger partial charge in [0.05, 0.1) is 0 Å². The number of rotatable bonds is 9. The van der Waals surface area contributed by atoms with E-state index in [1.165, 1.54) is 22.0 Å². The minimum Gasteiger partial charge on any atom is -0.486 e. The molecule has 4 N–H and O–H groups in total. The third-order valence-corrected chi connectivity index (χ3v) is 6.10. The van der Waals surface area contributed by atoms with Gasteiger partial charge < -0.3 is 15.9 Å². The third-order valence-electron chi connectivity index (χ3n) is 5.15. The SMILES string of the molecule is CC(C)c1ccc(OCc2nnc(SCCC(=O)NC(=O)NC3CCCC3)n2N)cc1. The van der Waals surface area contributed by atoms with Gasteiger partial charge in [-0.3, -0.25) is 10.1 Å². The summed E-state index contributed by atoms with van der Waals surface area (Å²) < 4.78 is 7.10. The Hall–Kier alpha value is -2.75.